The predicted octanol–water partition coefficient (Wildman–Crippen LogP) is 4.94. The maximum atomic E-state index is 15.3. The van der Waals surface area contributed by atoms with Gasteiger partial charge in [0.25, 0.3) is 0 Å². The molecular weight excluding hydrogens is 483 g/mol. The molecule has 1 aromatic heterocycles. The van der Waals surface area contributed by atoms with Gasteiger partial charge in [-0.15, -0.1) is 0 Å². The highest BCUT2D eigenvalue weighted by molar-refractivity contribution is 6.11. The number of pyridine rings is 1. The summed E-state index contributed by atoms with van der Waals surface area (Å²) >= 11 is 0. The highest BCUT2D eigenvalue weighted by atomic mass is 19.1. The molecular formula is C27H22F3N5O2. The summed E-state index contributed by atoms with van der Waals surface area (Å²) in [5, 5.41) is 8.48. The molecule has 1 aliphatic heterocycles. The Morgan fingerprint density at radius 3 is 2.49 bits per heavy atom. The molecule has 2 amide bonds. The molecule has 0 aliphatic carbocycles. The maximum absolute atomic E-state index is 15.3. The standard InChI is InChI=1S/C27H22F3N5O2/c28-18-2-1-3-20(12-18)33-27(37)34-24-14-19(29)13-22(25(24)30)26(36)16-4-5-23-17(10-16)11-21(15-32-23)35-8-6-31-7-9-35/h1-5,10-15,31H,6-9H2,(H2,33,34,37). The molecule has 0 spiro atoms. The van der Waals surface area contributed by atoms with Crippen molar-refractivity contribution < 1.29 is 22.8 Å². The van der Waals surface area contributed by atoms with E-state index in [9.17, 15) is 18.4 Å². The fraction of sp³-hybridized carbons (Fsp3) is 0.148. The Morgan fingerprint density at radius 1 is 0.892 bits per heavy atom. The number of benzene rings is 3. The van der Waals surface area contributed by atoms with E-state index in [0.717, 1.165) is 50.1 Å². The van der Waals surface area contributed by atoms with Crippen LogP contribution in [0, 0.1) is 17.5 Å². The fourth-order valence-electron chi connectivity index (χ4n) is 4.21. The van der Waals surface area contributed by atoms with Crippen molar-refractivity contribution in [2.75, 3.05) is 41.7 Å². The van der Waals surface area contributed by atoms with Gasteiger partial charge in [-0.2, -0.15) is 0 Å². The van der Waals surface area contributed by atoms with Gasteiger partial charge in [0.05, 0.1) is 28.7 Å². The lowest BCUT2D eigenvalue weighted by Crippen LogP contribution is -2.43. The number of halogens is 3. The zero-order chi connectivity index (χ0) is 25.9. The number of anilines is 3. The second kappa shape index (κ2) is 10.3. The minimum atomic E-state index is -1.09. The Hall–Kier alpha value is -4.44. The molecule has 1 fully saturated rings. The number of carbonyl (C=O) groups excluding carboxylic acids is 2. The maximum Gasteiger partial charge on any atom is 0.323 e. The number of hydrogen-bond acceptors (Lipinski definition) is 5. The third-order valence-corrected chi connectivity index (χ3v) is 6.02. The van der Waals surface area contributed by atoms with Gasteiger partial charge in [-0.25, -0.2) is 18.0 Å². The van der Waals surface area contributed by atoms with Gasteiger partial charge in [-0.1, -0.05) is 6.07 Å². The van der Waals surface area contributed by atoms with Crippen molar-refractivity contribution in [3.05, 3.63) is 95.4 Å². The molecule has 3 aromatic carbocycles. The average Bonchev–Trinajstić information content (AvgIpc) is 2.90. The minimum absolute atomic E-state index is 0.121. The highest BCUT2D eigenvalue weighted by Gasteiger charge is 2.21. The summed E-state index contributed by atoms with van der Waals surface area (Å²) in [6.07, 6.45) is 1.77. The fourth-order valence-corrected chi connectivity index (χ4v) is 4.21. The topological polar surface area (TPSA) is 86.4 Å². The lowest BCUT2D eigenvalue weighted by atomic mass is 10.00. The quantitative estimate of drug-likeness (QED) is 0.335. The van der Waals surface area contributed by atoms with Crippen molar-refractivity contribution in [3.63, 3.8) is 0 Å². The van der Waals surface area contributed by atoms with Gasteiger partial charge in [-0.05, 0) is 48.5 Å². The summed E-state index contributed by atoms with van der Waals surface area (Å²) in [5.74, 6) is -3.32. The third kappa shape index (κ3) is 5.39. The number of rotatable bonds is 5. The van der Waals surface area contributed by atoms with E-state index >= 15 is 4.39 Å². The molecule has 1 saturated heterocycles. The van der Waals surface area contributed by atoms with E-state index in [1.165, 1.54) is 24.3 Å². The molecule has 188 valence electrons. The summed E-state index contributed by atoms with van der Waals surface area (Å²) in [7, 11) is 0. The molecule has 0 atom stereocenters. The number of ketones is 1. The summed E-state index contributed by atoms with van der Waals surface area (Å²) in [6, 6.07) is 12.3. The Kier molecular flexibility index (Phi) is 6.74. The van der Waals surface area contributed by atoms with E-state index in [1.807, 2.05) is 6.07 Å². The van der Waals surface area contributed by atoms with Crippen LogP contribution in [0.2, 0.25) is 0 Å². The first-order chi connectivity index (χ1) is 17.9. The molecule has 0 bridgehead atoms. The van der Waals surface area contributed by atoms with Crippen molar-refractivity contribution >= 4 is 39.8 Å². The van der Waals surface area contributed by atoms with Crippen LogP contribution in [-0.4, -0.2) is 43.0 Å². The van der Waals surface area contributed by atoms with Gasteiger partial charge >= 0.3 is 6.03 Å². The molecule has 5 rings (SSSR count). The van der Waals surface area contributed by atoms with Crippen molar-refractivity contribution in [1.82, 2.24) is 10.3 Å². The molecule has 2 heterocycles. The van der Waals surface area contributed by atoms with Gasteiger partial charge in [0, 0.05) is 48.9 Å². The van der Waals surface area contributed by atoms with Crippen LogP contribution >= 0.6 is 0 Å². The Bertz CT molecular complexity index is 1510. The van der Waals surface area contributed by atoms with Gasteiger partial charge in [-0.3, -0.25) is 9.78 Å². The zero-order valence-corrected chi connectivity index (χ0v) is 19.5. The van der Waals surface area contributed by atoms with Gasteiger partial charge in [0.2, 0.25) is 0 Å². The average molecular weight is 506 g/mol. The minimum Gasteiger partial charge on any atom is -0.368 e. The molecule has 3 N–H and O–H groups in total. The lowest BCUT2D eigenvalue weighted by molar-refractivity contribution is 0.103. The van der Waals surface area contributed by atoms with Crippen LogP contribution in [0.15, 0.2) is 66.9 Å². The Balaban J connectivity index is 1.40. The number of piperazine rings is 1. The van der Waals surface area contributed by atoms with Gasteiger partial charge in [0.15, 0.2) is 11.6 Å². The van der Waals surface area contributed by atoms with Crippen molar-refractivity contribution in [2.24, 2.45) is 0 Å². The van der Waals surface area contributed by atoms with Crippen molar-refractivity contribution in [3.8, 4) is 0 Å². The van der Waals surface area contributed by atoms with Crippen LogP contribution in [0.5, 0.6) is 0 Å². The molecule has 1 aliphatic rings. The summed E-state index contributed by atoms with van der Waals surface area (Å²) in [4.78, 5) is 32.1. The van der Waals surface area contributed by atoms with Gasteiger partial charge < -0.3 is 20.9 Å². The molecule has 4 aromatic rings. The molecule has 0 saturated carbocycles. The summed E-state index contributed by atoms with van der Waals surface area (Å²) in [6.45, 7) is 3.35. The molecule has 10 heteroatoms. The molecule has 7 nitrogen and oxygen atoms in total. The first kappa shape index (κ1) is 24.3. The van der Waals surface area contributed by atoms with Crippen molar-refractivity contribution in [2.45, 2.75) is 0 Å². The van der Waals surface area contributed by atoms with Crippen LogP contribution in [0.3, 0.4) is 0 Å². The second-order valence-corrected chi connectivity index (χ2v) is 8.57. The Labute approximate surface area is 210 Å². The van der Waals surface area contributed by atoms with E-state index in [1.54, 1.807) is 18.3 Å². The number of fused-ring (bicyclic) bond motifs is 1. The zero-order valence-electron chi connectivity index (χ0n) is 19.5. The molecule has 0 unspecified atom stereocenters. The van der Waals surface area contributed by atoms with Crippen LogP contribution in [0.4, 0.5) is 35.0 Å². The largest absolute Gasteiger partial charge is 0.368 e. The number of aromatic nitrogens is 1. The second-order valence-electron chi connectivity index (χ2n) is 8.57. The van der Waals surface area contributed by atoms with Crippen LogP contribution < -0.4 is 20.9 Å². The summed E-state index contributed by atoms with van der Waals surface area (Å²) in [5.41, 5.74) is 0.771. The number of urea groups is 1. The van der Waals surface area contributed by atoms with Crippen molar-refractivity contribution in [1.29, 1.82) is 0 Å². The first-order valence-electron chi connectivity index (χ1n) is 11.6. The smallest absolute Gasteiger partial charge is 0.323 e. The van der Waals surface area contributed by atoms with Crippen LogP contribution in [0.25, 0.3) is 10.9 Å². The monoisotopic (exact) mass is 505 g/mol. The van der Waals surface area contributed by atoms with Gasteiger partial charge in [0.1, 0.15) is 11.6 Å². The predicted molar refractivity (Wildman–Crippen MR) is 136 cm³/mol. The number of hydrogen-bond donors (Lipinski definition) is 3. The van der Waals surface area contributed by atoms with Crippen LogP contribution in [0.1, 0.15) is 15.9 Å². The van der Waals surface area contributed by atoms with E-state index in [-0.39, 0.29) is 11.3 Å². The van der Waals surface area contributed by atoms with E-state index in [0.29, 0.717) is 10.9 Å². The molecule has 37 heavy (non-hydrogen) atoms. The van der Waals surface area contributed by atoms with E-state index in [2.05, 4.69) is 25.8 Å². The molecule has 0 radical (unpaired) electrons. The number of carbonyl (C=O) groups is 2. The number of amides is 2. The van der Waals surface area contributed by atoms with Crippen LogP contribution in [-0.2, 0) is 0 Å². The number of nitrogens with one attached hydrogen (secondary N) is 3. The normalized spacial score (nSPS) is 13.4. The number of nitrogens with zero attached hydrogens (tertiary/aromatic N) is 2. The highest BCUT2D eigenvalue weighted by Crippen LogP contribution is 2.26. The Morgan fingerprint density at radius 2 is 1.70 bits per heavy atom. The summed E-state index contributed by atoms with van der Waals surface area (Å²) < 4.78 is 43.0. The third-order valence-electron chi connectivity index (χ3n) is 6.02. The van der Waals surface area contributed by atoms with E-state index in [4.69, 9.17) is 0 Å². The SMILES string of the molecule is O=C(Nc1cccc(F)c1)Nc1cc(F)cc(C(=O)c2ccc3ncc(N4CCNCC4)cc3c2)c1F. The first-order valence-corrected chi connectivity index (χ1v) is 11.6. The van der Waals surface area contributed by atoms with E-state index < -0.39 is 40.5 Å². The lowest BCUT2D eigenvalue weighted by Gasteiger charge is -2.29.